The zero-order chi connectivity index (χ0) is 12.5. The second kappa shape index (κ2) is 4.25. The molecule has 2 rings (SSSR count). The van der Waals surface area contributed by atoms with Crippen molar-refractivity contribution in [2.45, 2.75) is 39.2 Å². The van der Waals surface area contributed by atoms with Gasteiger partial charge < -0.3 is 5.32 Å². The molecule has 0 bridgehead atoms. The van der Waals surface area contributed by atoms with Crippen LogP contribution in [0.1, 0.15) is 38.3 Å². The summed E-state index contributed by atoms with van der Waals surface area (Å²) in [5, 5.41) is 12.7. The molecule has 0 saturated carbocycles. The first-order valence-electron chi connectivity index (χ1n) is 6.01. The Balaban J connectivity index is 2.50. The normalized spacial score (nSPS) is 15.2. The van der Waals surface area contributed by atoms with Crippen LogP contribution in [0.25, 0.3) is 5.70 Å². The number of nitrogens with zero attached hydrogens (tertiary/aromatic N) is 1. The van der Waals surface area contributed by atoms with Gasteiger partial charge in [-0.2, -0.15) is 5.26 Å². The van der Waals surface area contributed by atoms with Gasteiger partial charge in [-0.1, -0.05) is 24.3 Å². The molecule has 0 radical (unpaired) electrons. The molecule has 1 aromatic rings. The summed E-state index contributed by atoms with van der Waals surface area (Å²) in [6.45, 7) is 6.35. The fourth-order valence-electron chi connectivity index (χ4n) is 2.16. The van der Waals surface area contributed by atoms with E-state index < -0.39 is 0 Å². The summed E-state index contributed by atoms with van der Waals surface area (Å²) in [5.74, 6) is 0. The van der Waals surface area contributed by atoms with E-state index in [1.165, 1.54) is 11.1 Å². The molecule has 2 heteroatoms. The van der Waals surface area contributed by atoms with Crippen molar-refractivity contribution in [2.75, 3.05) is 0 Å². The highest BCUT2D eigenvalue weighted by Crippen LogP contribution is 2.30. The van der Waals surface area contributed by atoms with Gasteiger partial charge in [0.15, 0.2) is 0 Å². The van der Waals surface area contributed by atoms with Crippen LogP contribution in [0.15, 0.2) is 29.8 Å². The van der Waals surface area contributed by atoms with Crippen LogP contribution in [0.3, 0.4) is 0 Å². The van der Waals surface area contributed by atoms with Crippen LogP contribution >= 0.6 is 0 Å². The van der Waals surface area contributed by atoms with Crippen LogP contribution in [0.2, 0.25) is 0 Å². The Morgan fingerprint density at radius 2 is 1.88 bits per heavy atom. The van der Waals surface area contributed by atoms with Gasteiger partial charge >= 0.3 is 0 Å². The number of allylic oxidation sites excluding steroid dienone is 1. The van der Waals surface area contributed by atoms with E-state index in [1.54, 1.807) is 0 Å². The summed E-state index contributed by atoms with van der Waals surface area (Å²) in [7, 11) is 0. The molecule has 1 N–H and O–H groups in total. The highest BCUT2D eigenvalue weighted by atomic mass is 15.0. The molecule has 0 amide bonds. The van der Waals surface area contributed by atoms with Crippen LogP contribution in [-0.2, 0) is 6.42 Å². The summed E-state index contributed by atoms with van der Waals surface area (Å²) in [6.07, 6.45) is 1.81. The standard InChI is InChI=1S/C15H18N2/c1-15(2,3)17-14-12(10-16)9-8-11-6-4-5-7-13(11)14/h4-7,17H,8-9H2,1-3H3. The van der Waals surface area contributed by atoms with Crippen molar-refractivity contribution in [1.82, 2.24) is 5.32 Å². The number of benzene rings is 1. The summed E-state index contributed by atoms with van der Waals surface area (Å²) < 4.78 is 0. The number of fused-ring (bicyclic) bond motifs is 1. The van der Waals surface area contributed by atoms with Gasteiger partial charge in [-0.3, -0.25) is 0 Å². The van der Waals surface area contributed by atoms with Crippen LogP contribution in [0, 0.1) is 11.3 Å². The highest BCUT2D eigenvalue weighted by molar-refractivity contribution is 5.74. The van der Waals surface area contributed by atoms with Gasteiger partial charge in [0.05, 0.1) is 17.3 Å². The minimum absolute atomic E-state index is 0.0259. The summed E-state index contributed by atoms with van der Waals surface area (Å²) in [4.78, 5) is 0. The molecular weight excluding hydrogens is 208 g/mol. The molecule has 17 heavy (non-hydrogen) atoms. The summed E-state index contributed by atoms with van der Waals surface area (Å²) in [5.41, 5.74) is 4.38. The van der Waals surface area contributed by atoms with Crippen LogP contribution in [-0.4, -0.2) is 5.54 Å². The molecule has 0 fully saturated rings. The molecule has 0 spiro atoms. The second-order valence-electron chi connectivity index (χ2n) is 5.50. The lowest BCUT2D eigenvalue weighted by Crippen LogP contribution is -2.35. The van der Waals surface area contributed by atoms with Crippen molar-refractivity contribution in [3.8, 4) is 6.07 Å². The molecule has 0 heterocycles. The van der Waals surface area contributed by atoms with Gasteiger partial charge in [0.2, 0.25) is 0 Å². The molecular formula is C15H18N2. The Bertz CT molecular complexity index is 498. The smallest absolute Gasteiger partial charge is 0.0969 e. The van der Waals surface area contributed by atoms with Gasteiger partial charge in [0.25, 0.3) is 0 Å². The Kier molecular flexibility index (Phi) is 2.93. The first-order valence-corrected chi connectivity index (χ1v) is 6.01. The lowest BCUT2D eigenvalue weighted by Gasteiger charge is -2.29. The highest BCUT2D eigenvalue weighted by Gasteiger charge is 2.22. The van der Waals surface area contributed by atoms with E-state index in [4.69, 9.17) is 0 Å². The Morgan fingerprint density at radius 1 is 1.18 bits per heavy atom. The summed E-state index contributed by atoms with van der Waals surface area (Å²) in [6, 6.07) is 10.7. The maximum Gasteiger partial charge on any atom is 0.0969 e. The van der Waals surface area contributed by atoms with E-state index in [9.17, 15) is 5.26 Å². The number of nitrogens with one attached hydrogen (secondary N) is 1. The maximum atomic E-state index is 9.24. The Hall–Kier alpha value is -1.75. The molecule has 1 aliphatic carbocycles. The second-order valence-corrected chi connectivity index (χ2v) is 5.50. The van der Waals surface area contributed by atoms with E-state index in [0.717, 1.165) is 24.1 Å². The van der Waals surface area contributed by atoms with Crippen molar-refractivity contribution < 1.29 is 0 Å². The predicted molar refractivity (Wildman–Crippen MR) is 70.2 cm³/mol. The van der Waals surface area contributed by atoms with E-state index in [0.29, 0.717) is 0 Å². The third-order valence-electron chi connectivity index (χ3n) is 2.87. The van der Waals surface area contributed by atoms with Crippen LogP contribution in [0.5, 0.6) is 0 Å². The fourth-order valence-corrected chi connectivity index (χ4v) is 2.16. The molecule has 2 nitrogen and oxygen atoms in total. The minimum Gasteiger partial charge on any atom is -0.379 e. The van der Waals surface area contributed by atoms with E-state index in [-0.39, 0.29) is 5.54 Å². The Morgan fingerprint density at radius 3 is 2.53 bits per heavy atom. The summed E-state index contributed by atoms with van der Waals surface area (Å²) >= 11 is 0. The first kappa shape index (κ1) is 11.7. The van der Waals surface area contributed by atoms with Gasteiger partial charge in [-0.15, -0.1) is 0 Å². The van der Waals surface area contributed by atoms with Gasteiger partial charge in [0.1, 0.15) is 0 Å². The van der Waals surface area contributed by atoms with E-state index in [1.807, 2.05) is 6.07 Å². The van der Waals surface area contributed by atoms with E-state index >= 15 is 0 Å². The number of nitriles is 1. The van der Waals surface area contributed by atoms with Crippen molar-refractivity contribution in [3.63, 3.8) is 0 Å². The van der Waals surface area contributed by atoms with Crippen molar-refractivity contribution in [1.29, 1.82) is 5.26 Å². The number of hydrogen-bond donors (Lipinski definition) is 1. The van der Waals surface area contributed by atoms with Crippen molar-refractivity contribution in [3.05, 3.63) is 41.0 Å². The van der Waals surface area contributed by atoms with Crippen LogP contribution in [0.4, 0.5) is 0 Å². The molecule has 0 aromatic heterocycles. The monoisotopic (exact) mass is 226 g/mol. The van der Waals surface area contributed by atoms with Gasteiger partial charge in [0, 0.05) is 11.1 Å². The molecule has 0 atom stereocenters. The fraction of sp³-hybridized carbons (Fsp3) is 0.400. The SMILES string of the molecule is CC(C)(C)NC1=C(C#N)CCc2ccccc21. The molecule has 88 valence electrons. The molecule has 0 unspecified atom stereocenters. The first-order chi connectivity index (χ1) is 8.01. The third-order valence-corrected chi connectivity index (χ3v) is 2.87. The largest absolute Gasteiger partial charge is 0.379 e. The Labute approximate surface area is 103 Å². The minimum atomic E-state index is -0.0259. The number of hydrogen-bond acceptors (Lipinski definition) is 2. The average Bonchev–Trinajstić information content (AvgIpc) is 2.28. The predicted octanol–water partition coefficient (Wildman–Crippen LogP) is 3.26. The molecule has 1 aliphatic rings. The van der Waals surface area contributed by atoms with E-state index in [2.05, 4.69) is 50.4 Å². The maximum absolute atomic E-state index is 9.24. The average molecular weight is 226 g/mol. The number of aryl methyl sites for hydroxylation is 1. The molecule has 0 saturated heterocycles. The lowest BCUT2D eigenvalue weighted by molar-refractivity contribution is 0.498. The topological polar surface area (TPSA) is 35.8 Å². The van der Waals surface area contributed by atoms with Crippen LogP contribution < -0.4 is 5.32 Å². The number of rotatable bonds is 1. The van der Waals surface area contributed by atoms with Crippen molar-refractivity contribution in [2.24, 2.45) is 0 Å². The van der Waals surface area contributed by atoms with Gasteiger partial charge in [-0.05, 0) is 39.2 Å². The zero-order valence-electron chi connectivity index (χ0n) is 10.7. The van der Waals surface area contributed by atoms with Gasteiger partial charge in [-0.25, -0.2) is 0 Å². The quantitative estimate of drug-likeness (QED) is 0.797. The molecule has 0 aliphatic heterocycles. The molecule has 1 aromatic carbocycles. The van der Waals surface area contributed by atoms with Crippen molar-refractivity contribution >= 4 is 5.70 Å². The third kappa shape index (κ3) is 2.50. The lowest BCUT2D eigenvalue weighted by atomic mass is 9.89. The zero-order valence-corrected chi connectivity index (χ0v) is 10.7.